The SMILES string of the molecule is CN(C)Cc1cc2c(o1)CCN(C(=O)c1ccc(/C=C/c3ccccc3)cc1)C2.Cl. The van der Waals surface area contributed by atoms with Gasteiger partial charge in [0, 0.05) is 30.6 Å². The number of furan rings is 1. The number of halogens is 1. The average molecular weight is 423 g/mol. The van der Waals surface area contributed by atoms with Crippen LogP contribution in [0.2, 0.25) is 0 Å². The Morgan fingerprint density at radius 2 is 1.70 bits per heavy atom. The van der Waals surface area contributed by atoms with Gasteiger partial charge in [0.25, 0.3) is 5.91 Å². The van der Waals surface area contributed by atoms with Crippen LogP contribution in [0.5, 0.6) is 0 Å². The highest BCUT2D eigenvalue weighted by atomic mass is 35.5. The van der Waals surface area contributed by atoms with Gasteiger partial charge in [0.1, 0.15) is 11.5 Å². The van der Waals surface area contributed by atoms with E-state index in [4.69, 9.17) is 4.42 Å². The summed E-state index contributed by atoms with van der Waals surface area (Å²) in [5.41, 5.74) is 4.09. The number of carbonyl (C=O) groups excluding carboxylic acids is 1. The van der Waals surface area contributed by atoms with Crippen molar-refractivity contribution in [2.24, 2.45) is 0 Å². The summed E-state index contributed by atoms with van der Waals surface area (Å²) in [7, 11) is 4.05. The van der Waals surface area contributed by atoms with Crippen molar-refractivity contribution in [3.63, 3.8) is 0 Å². The summed E-state index contributed by atoms with van der Waals surface area (Å²) in [6, 6.07) is 20.1. The van der Waals surface area contributed by atoms with Crippen LogP contribution in [0, 0.1) is 0 Å². The molecule has 3 aromatic rings. The Kier molecular flexibility index (Phi) is 7.14. The Morgan fingerprint density at radius 1 is 1.03 bits per heavy atom. The maximum Gasteiger partial charge on any atom is 0.254 e. The Labute approximate surface area is 184 Å². The van der Waals surface area contributed by atoms with E-state index in [0.717, 1.165) is 46.7 Å². The first kappa shape index (κ1) is 21.9. The largest absolute Gasteiger partial charge is 0.464 e. The zero-order valence-corrected chi connectivity index (χ0v) is 18.2. The zero-order chi connectivity index (χ0) is 20.2. The molecule has 0 radical (unpaired) electrons. The van der Waals surface area contributed by atoms with Crippen molar-refractivity contribution >= 4 is 30.5 Å². The third kappa shape index (κ3) is 5.21. The van der Waals surface area contributed by atoms with Crippen molar-refractivity contribution < 1.29 is 9.21 Å². The molecule has 0 saturated carbocycles. The van der Waals surface area contributed by atoms with Gasteiger partial charge < -0.3 is 14.2 Å². The molecule has 4 nitrogen and oxygen atoms in total. The molecule has 156 valence electrons. The van der Waals surface area contributed by atoms with Crippen molar-refractivity contribution in [1.82, 2.24) is 9.80 Å². The fourth-order valence-corrected chi connectivity index (χ4v) is 3.63. The highest BCUT2D eigenvalue weighted by molar-refractivity contribution is 5.94. The van der Waals surface area contributed by atoms with Gasteiger partial charge in [0.15, 0.2) is 0 Å². The van der Waals surface area contributed by atoms with Gasteiger partial charge in [0.2, 0.25) is 0 Å². The summed E-state index contributed by atoms with van der Waals surface area (Å²) >= 11 is 0. The molecule has 0 spiro atoms. The predicted molar refractivity (Wildman–Crippen MR) is 124 cm³/mol. The minimum atomic E-state index is 0. The highest BCUT2D eigenvalue weighted by Gasteiger charge is 2.25. The van der Waals surface area contributed by atoms with Crippen molar-refractivity contribution in [3.05, 3.63) is 94.4 Å². The van der Waals surface area contributed by atoms with Crippen LogP contribution >= 0.6 is 12.4 Å². The number of rotatable bonds is 5. The normalized spacial score (nSPS) is 13.4. The first-order chi connectivity index (χ1) is 14.1. The van der Waals surface area contributed by atoms with E-state index in [1.54, 1.807) is 0 Å². The van der Waals surface area contributed by atoms with Crippen LogP contribution in [0.25, 0.3) is 12.2 Å². The van der Waals surface area contributed by atoms with Crippen molar-refractivity contribution in [2.75, 3.05) is 20.6 Å². The van der Waals surface area contributed by atoms with Crippen molar-refractivity contribution in [1.29, 1.82) is 0 Å². The Morgan fingerprint density at radius 3 is 2.37 bits per heavy atom. The summed E-state index contributed by atoms with van der Waals surface area (Å²) in [5.74, 6) is 2.06. The number of amides is 1. The van der Waals surface area contributed by atoms with E-state index >= 15 is 0 Å². The van der Waals surface area contributed by atoms with Gasteiger partial charge in [-0.15, -0.1) is 12.4 Å². The predicted octanol–water partition coefficient (Wildman–Crippen LogP) is 5.13. The first-order valence-electron chi connectivity index (χ1n) is 9.96. The lowest BCUT2D eigenvalue weighted by Crippen LogP contribution is -2.35. The first-order valence-corrected chi connectivity index (χ1v) is 9.96. The summed E-state index contributed by atoms with van der Waals surface area (Å²) in [6.45, 7) is 2.08. The second-order valence-electron chi connectivity index (χ2n) is 7.74. The number of benzene rings is 2. The van der Waals surface area contributed by atoms with E-state index in [1.165, 1.54) is 0 Å². The van der Waals surface area contributed by atoms with Crippen LogP contribution < -0.4 is 0 Å². The molecule has 1 aliphatic rings. The maximum absolute atomic E-state index is 13.0. The third-order valence-corrected chi connectivity index (χ3v) is 5.10. The monoisotopic (exact) mass is 422 g/mol. The van der Waals surface area contributed by atoms with Gasteiger partial charge in [-0.1, -0.05) is 54.6 Å². The molecule has 0 aliphatic carbocycles. The molecular weight excluding hydrogens is 396 g/mol. The van der Waals surface area contributed by atoms with E-state index in [2.05, 4.69) is 35.3 Å². The van der Waals surface area contributed by atoms with Crippen LogP contribution in [-0.4, -0.2) is 36.3 Å². The molecule has 0 fully saturated rings. The van der Waals surface area contributed by atoms with Gasteiger partial charge in [-0.05, 0) is 43.4 Å². The Bertz CT molecular complexity index is 1010. The zero-order valence-electron chi connectivity index (χ0n) is 17.4. The van der Waals surface area contributed by atoms with Crippen LogP contribution in [0.3, 0.4) is 0 Å². The van der Waals surface area contributed by atoms with Crippen molar-refractivity contribution in [3.8, 4) is 0 Å². The number of nitrogens with zero attached hydrogens (tertiary/aromatic N) is 2. The minimum Gasteiger partial charge on any atom is -0.464 e. The summed E-state index contributed by atoms with van der Waals surface area (Å²) in [6.07, 6.45) is 4.91. The standard InChI is InChI=1S/C25H26N2O2.ClH/c1-26(2)18-23-16-22-17-27(15-14-24(22)29-23)25(28)21-12-10-20(11-13-21)9-8-19-6-4-3-5-7-19;/h3-13,16H,14-15,17-18H2,1-2H3;1H/b9-8+;. The minimum absolute atomic E-state index is 0. The fraction of sp³-hybridized carbons (Fsp3) is 0.240. The Balaban J connectivity index is 0.00000256. The molecule has 4 rings (SSSR count). The van der Waals surface area contributed by atoms with Crippen LogP contribution in [0.15, 0.2) is 65.1 Å². The van der Waals surface area contributed by atoms with Gasteiger partial charge >= 0.3 is 0 Å². The fourth-order valence-electron chi connectivity index (χ4n) is 3.63. The molecule has 0 N–H and O–H groups in total. The molecule has 5 heteroatoms. The molecule has 0 unspecified atom stereocenters. The molecule has 1 aromatic heterocycles. The third-order valence-electron chi connectivity index (χ3n) is 5.10. The van der Waals surface area contributed by atoms with E-state index < -0.39 is 0 Å². The van der Waals surface area contributed by atoms with E-state index in [0.29, 0.717) is 13.1 Å². The molecule has 0 bridgehead atoms. The summed E-state index contributed by atoms with van der Waals surface area (Å²) in [5, 5.41) is 0. The Hall–Kier alpha value is -2.82. The van der Waals surface area contributed by atoms with E-state index in [1.807, 2.05) is 61.5 Å². The van der Waals surface area contributed by atoms with Gasteiger partial charge in [0.05, 0.1) is 6.54 Å². The topological polar surface area (TPSA) is 36.7 Å². The number of hydrogen-bond donors (Lipinski definition) is 0. The molecule has 0 saturated heterocycles. The number of hydrogen-bond acceptors (Lipinski definition) is 3. The molecule has 0 atom stereocenters. The lowest BCUT2D eigenvalue weighted by Gasteiger charge is -2.26. The molecule has 2 aromatic carbocycles. The second-order valence-corrected chi connectivity index (χ2v) is 7.74. The number of fused-ring (bicyclic) bond motifs is 1. The van der Waals surface area contributed by atoms with Gasteiger partial charge in [-0.25, -0.2) is 0 Å². The molecular formula is C25H27ClN2O2. The van der Waals surface area contributed by atoms with Crippen molar-refractivity contribution in [2.45, 2.75) is 19.5 Å². The van der Waals surface area contributed by atoms with E-state index in [9.17, 15) is 4.79 Å². The lowest BCUT2D eigenvalue weighted by atomic mass is 10.1. The maximum atomic E-state index is 13.0. The van der Waals surface area contributed by atoms with Crippen LogP contribution in [-0.2, 0) is 19.5 Å². The second kappa shape index (κ2) is 9.79. The van der Waals surface area contributed by atoms with Crippen LogP contribution in [0.1, 0.15) is 38.6 Å². The number of carbonyl (C=O) groups is 1. The quantitative estimate of drug-likeness (QED) is 0.534. The van der Waals surface area contributed by atoms with E-state index in [-0.39, 0.29) is 18.3 Å². The van der Waals surface area contributed by atoms with Gasteiger partial charge in [-0.2, -0.15) is 0 Å². The molecule has 30 heavy (non-hydrogen) atoms. The summed E-state index contributed by atoms with van der Waals surface area (Å²) in [4.78, 5) is 16.9. The smallest absolute Gasteiger partial charge is 0.254 e. The van der Waals surface area contributed by atoms with Crippen LogP contribution in [0.4, 0.5) is 0 Å². The summed E-state index contributed by atoms with van der Waals surface area (Å²) < 4.78 is 5.94. The lowest BCUT2D eigenvalue weighted by molar-refractivity contribution is 0.0729. The average Bonchev–Trinajstić information content (AvgIpc) is 3.13. The molecule has 2 heterocycles. The highest BCUT2D eigenvalue weighted by Crippen LogP contribution is 2.25. The molecule has 1 aliphatic heterocycles. The van der Waals surface area contributed by atoms with Gasteiger partial charge in [-0.3, -0.25) is 4.79 Å². The molecule has 1 amide bonds.